The molecule has 2 rings (SSSR count). The lowest BCUT2D eigenvalue weighted by atomic mass is 10.2. The van der Waals surface area contributed by atoms with E-state index in [-0.39, 0.29) is 5.84 Å². The number of hydrogen-bond acceptors (Lipinski definition) is 4. The van der Waals surface area contributed by atoms with Crippen LogP contribution in [0.15, 0.2) is 30.3 Å². The fourth-order valence-corrected chi connectivity index (χ4v) is 2.51. The van der Waals surface area contributed by atoms with Gasteiger partial charge in [0, 0.05) is 16.5 Å². The fourth-order valence-electron chi connectivity index (χ4n) is 1.51. The third-order valence-electron chi connectivity index (χ3n) is 2.44. The second-order valence-electron chi connectivity index (χ2n) is 3.81. The predicted molar refractivity (Wildman–Crippen MR) is 77.7 cm³/mol. The number of rotatable bonds is 5. The molecule has 4 nitrogen and oxygen atoms in total. The van der Waals surface area contributed by atoms with Crippen molar-refractivity contribution in [1.29, 1.82) is 5.41 Å². The number of nitrogens with two attached hydrogens (primary N) is 1. The molecule has 0 unspecified atom stereocenters. The van der Waals surface area contributed by atoms with E-state index in [0.717, 1.165) is 9.21 Å². The van der Waals surface area contributed by atoms with Gasteiger partial charge in [-0.25, -0.2) is 0 Å². The Balaban J connectivity index is 2.15. The monoisotopic (exact) mass is 296 g/mol. The molecule has 0 spiro atoms. The molecular weight excluding hydrogens is 284 g/mol. The minimum atomic E-state index is -0.0251. The minimum Gasteiger partial charge on any atom is -0.497 e. The van der Waals surface area contributed by atoms with Gasteiger partial charge in [-0.15, -0.1) is 11.3 Å². The van der Waals surface area contributed by atoms with Crippen LogP contribution in [-0.4, -0.2) is 12.9 Å². The maximum atomic E-state index is 7.45. The maximum absolute atomic E-state index is 7.45. The van der Waals surface area contributed by atoms with Crippen molar-refractivity contribution in [1.82, 2.24) is 0 Å². The van der Waals surface area contributed by atoms with Crippen LogP contribution in [0.5, 0.6) is 11.5 Å². The second-order valence-corrected chi connectivity index (χ2v) is 5.61. The summed E-state index contributed by atoms with van der Waals surface area (Å²) in [4.78, 5) is 1.03. The molecule has 0 saturated carbocycles. The Labute approximate surface area is 120 Å². The van der Waals surface area contributed by atoms with E-state index in [9.17, 15) is 0 Å². The smallest absolute Gasteiger partial charge is 0.124 e. The molecule has 1 aromatic carbocycles. The van der Waals surface area contributed by atoms with Crippen LogP contribution in [0.2, 0.25) is 4.34 Å². The number of amidine groups is 1. The van der Waals surface area contributed by atoms with E-state index in [0.29, 0.717) is 23.7 Å². The maximum Gasteiger partial charge on any atom is 0.124 e. The topological polar surface area (TPSA) is 68.3 Å². The molecule has 0 aliphatic carbocycles. The summed E-state index contributed by atoms with van der Waals surface area (Å²) in [5, 5.41) is 7.45. The molecule has 0 amide bonds. The Morgan fingerprint density at radius 3 is 2.63 bits per heavy atom. The van der Waals surface area contributed by atoms with Crippen molar-refractivity contribution in [2.24, 2.45) is 5.73 Å². The van der Waals surface area contributed by atoms with E-state index in [2.05, 4.69) is 0 Å². The first-order valence-corrected chi connectivity index (χ1v) is 6.68. The van der Waals surface area contributed by atoms with Crippen LogP contribution in [0, 0.1) is 5.41 Å². The SMILES string of the molecule is COc1cc(OCc2ccc(Cl)s2)cc(C(=N)N)c1. The number of ether oxygens (including phenoxy) is 2. The van der Waals surface area contributed by atoms with Crippen molar-refractivity contribution >= 4 is 28.8 Å². The molecule has 0 aliphatic rings. The minimum absolute atomic E-state index is 0.0251. The lowest BCUT2D eigenvalue weighted by Crippen LogP contribution is -2.11. The summed E-state index contributed by atoms with van der Waals surface area (Å²) < 4.78 is 11.5. The van der Waals surface area contributed by atoms with Crippen LogP contribution < -0.4 is 15.2 Å². The van der Waals surface area contributed by atoms with Crippen LogP contribution in [0.25, 0.3) is 0 Å². The summed E-state index contributed by atoms with van der Waals surface area (Å²) in [7, 11) is 1.56. The van der Waals surface area contributed by atoms with Gasteiger partial charge in [-0.2, -0.15) is 0 Å². The van der Waals surface area contributed by atoms with Gasteiger partial charge in [-0.05, 0) is 24.3 Å². The van der Waals surface area contributed by atoms with Gasteiger partial charge >= 0.3 is 0 Å². The molecule has 19 heavy (non-hydrogen) atoms. The number of thiophene rings is 1. The summed E-state index contributed by atoms with van der Waals surface area (Å²) in [6, 6.07) is 8.90. The van der Waals surface area contributed by atoms with Gasteiger partial charge in [0.05, 0.1) is 11.4 Å². The molecule has 0 fully saturated rings. The van der Waals surface area contributed by atoms with E-state index in [4.69, 9.17) is 32.2 Å². The average Bonchev–Trinajstić information content (AvgIpc) is 2.81. The van der Waals surface area contributed by atoms with Crippen molar-refractivity contribution in [2.75, 3.05) is 7.11 Å². The molecule has 1 heterocycles. The second kappa shape index (κ2) is 5.95. The molecule has 6 heteroatoms. The van der Waals surface area contributed by atoms with Gasteiger partial charge < -0.3 is 15.2 Å². The molecule has 3 N–H and O–H groups in total. The van der Waals surface area contributed by atoms with Gasteiger partial charge in [0.15, 0.2) is 0 Å². The summed E-state index contributed by atoms with van der Waals surface area (Å²) in [6.45, 7) is 0.419. The van der Waals surface area contributed by atoms with Crippen LogP contribution in [0.3, 0.4) is 0 Å². The van der Waals surface area contributed by atoms with Crippen LogP contribution in [0.4, 0.5) is 0 Å². The molecule has 2 aromatic rings. The van der Waals surface area contributed by atoms with E-state index in [1.165, 1.54) is 11.3 Å². The fraction of sp³-hybridized carbons (Fsp3) is 0.154. The average molecular weight is 297 g/mol. The standard InChI is InChI=1S/C13H13ClN2O2S/c1-17-9-4-8(13(15)16)5-10(6-9)18-7-11-2-3-12(14)19-11/h2-6H,7H2,1H3,(H3,15,16). The van der Waals surface area contributed by atoms with E-state index >= 15 is 0 Å². The number of hydrogen-bond donors (Lipinski definition) is 2. The van der Waals surface area contributed by atoms with Crippen molar-refractivity contribution in [3.8, 4) is 11.5 Å². The zero-order chi connectivity index (χ0) is 13.8. The molecule has 0 atom stereocenters. The number of benzene rings is 1. The molecule has 100 valence electrons. The Morgan fingerprint density at radius 1 is 1.32 bits per heavy atom. The number of nitrogens with one attached hydrogen (secondary N) is 1. The van der Waals surface area contributed by atoms with Crippen LogP contribution >= 0.6 is 22.9 Å². The molecular formula is C13H13ClN2O2S. The lowest BCUT2D eigenvalue weighted by Gasteiger charge is -2.09. The van der Waals surface area contributed by atoms with E-state index < -0.39 is 0 Å². The Bertz CT molecular complexity index is 598. The number of halogens is 1. The summed E-state index contributed by atoms with van der Waals surface area (Å²) in [6.07, 6.45) is 0. The largest absolute Gasteiger partial charge is 0.497 e. The number of methoxy groups -OCH3 is 1. The molecule has 1 aromatic heterocycles. The zero-order valence-electron chi connectivity index (χ0n) is 10.3. The van der Waals surface area contributed by atoms with Gasteiger partial charge in [0.2, 0.25) is 0 Å². The Hall–Kier alpha value is -1.72. The Morgan fingerprint density at radius 2 is 2.05 bits per heavy atom. The van der Waals surface area contributed by atoms with Gasteiger partial charge in [-0.1, -0.05) is 11.6 Å². The highest BCUT2D eigenvalue weighted by atomic mass is 35.5. The predicted octanol–water partition coefficient (Wildman–Crippen LogP) is 3.27. The zero-order valence-corrected chi connectivity index (χ0v) is 11.8. The Kier molecular flexibility index (Phi) is 4.29. The summed E-state index contributed by atoms with van der Waals surface area (Å²) in [5.41, 5.74) is 6.04. The van der Waals surface area contributed by atoms with Crippen molar-refractivity contribution in [3.05, 3.63) is 45.1 Å². The first kappa shape index (κ1) is 13.7. The van der Waals surface area contributed by atoms with Crippen LogP contribution in [-0.2, 0) is 6.61 Å². The normalized spacial score (nSPS) is 10.2. The molecule has 0 radical (unpaired) electrons. The highest BCUT2D eigenvalue weighted by Crippen LogP contribution is 2.26. The third-order valence-corrected chi connectivity index (χ3v) is 3.64. The van der Waals surface area contributed by atoms with Crippen molar-refractivity contribution in [3.63, 3.8) is 0 Å². The van der Waals surface area contributed by atoms with Gasteiger partial charge in [0.1, 0.15) is 23.9 Å². The van der Waals surface area contributed by atoms with Crippen LogP contribution in [0.1, 0.15) is 10.4 Å². The third kappa shape index (κ3) is 3.62. The van der Waals surface area contributed by atoms with Gasteiger partial charge in [0.25, 0.3) is 0 Å². The van der Waals surface area contributed by atoms with Crippen molar-refractivity contribution < 1.29 is 9.47 Å². The molecule has 0 bridgehead atoms. The quantitative estimate of drug-likeness (QED) is 0.657. The highest BCUT2D eigenvalue weighted by Gasteiger charge is 2.06. The molecule has 0 aliphatic heterocycles. The van der Waals surface area contributed by atoms with E-state index in [1.54, 1.807) is 25.3 Å². The highest BCUT2D eigenvalue weighted by molar-refractivity contribution is 7.16. The summed E-state index contributed by atoms with van der Waals surface area (Å²) in [5.74, 6) is 1.18. The first-order chi connectivity index (χ1) is 9.08. The lowest BCUT2D eigenvalue weighted by molar-refractivity contribution is 0.307. The number of nitrogen functional groups attached to an aromatic ring is 1. The molecule has 0 saturated heterocycles. The first-order valence-electron chi connectivity index (χ1n) is 5.49. The van der Waals surface area contributed by atoms with Crippen molar-refractivity contribution in [2.45, 2.75) is 6.61 Å². The summed E-state index contributed by atoms with van der Waals surface area (Å²) >= 11 is 7.32. The van der Waals surface area contributed by atoms with E-state index in [1.807, 2.05) is 12.1 Å². The van der Waals surface area contributed by atoms with Gasteiger partial charge in [-0.3, -0.25) is 5.41 Å².